The molecule has 1 fully saturated rings. The maximum Gasteiger partial charge on any atom is 0.233 e. The zero-order valence-electron chi connectivity index (χ0n) is 17.2. The van der Waals surface area contributed by atoms with Gasteiger partial charge in [-0.05, 0) is 55.5 Å². The Bertz CT molecular complexity index is 1020. The Balaban J connectivity index is 1.62. The molecule has 162 valence electrons. The van der Waals surface area contributed by atoms with Crippen molar-refractivity contribution in [3.63, 3.8) is 0 Å². The molecule has 1 saturated heterocycles. The summed E-state index contributed by atoms with van der Waals surface area (Å²) in [6.45, 7) is 4.97. The van der Waals surface area contributed by atoms with E-state index in [0.29, 0.717) is 48.9 Å². The van der Waals surface area contributed by atoms with Gasteiger partial charge in [0, 0.05) is 29.4 Å². The summed E-state index contributed by atoms with van der Waals surface area (Å²) in [6.07, 6.45) is 0. The fourth-order valence-electron chi connectivity index (χ4n) is 3.27. The molecule has 0 atom stereocenters. The number of thioether (sulfide) groups is 1. The topological polar surface area (TPSA) is 69.5 Å². The highest BCUT2D eigenvalue weighted by molar-refractivity contribution is 7.99. The van der Waals surface area contributed by atoms with Crippen LogP contribution in [0.1, 0.15) is 6.92 Å². The highest BCUT2D eigenvalue weighted by Gasteiger charge is 2.21. The zero-order chi connectivity index (χ0) is 21.6. The van der Waals surface area contributed by atoms with Gasteiger partial charge in [-0.3, -0.25) is 9.36 Å². The molecule has 1 aromatic heterocycles. The van der Waals surface area contributed by atoms with Crippen LogP contribution < -0.4 is 4.74 Å². The monoisotopic (exact) mass is 458 g/mol. The molecule has 0 spiro atoms. The normalized spacial score (nSPS) is 13.9. The maximum atomic E-state index is 12.6. The lowest BCUT2D eigenvalue weighted by Crippen LogP contribution is -2.41. The van der Waals surface area contributed by atoms with E-state index in [2.05, 4.69) is 10.2 Å². The van der Waals surface area contributed by atoms with Gasteiger partial charge < -0.3 is 14.4 Å². The van der Waals surface area contributed by atoms with Crippen LogP contribution in [-0.2, 0) is 9.53 Å². The Hall–Kier alpha value is -2.55. The fourth-order valence-corrected chi connectivity index (χ4v) is 4.25. The molecule has 1 aliphatic rings. The summed E-state index contributed by atoms with van der Waals surface area (Å²) in [7, 11) is 0. The van der Waals surface area contributed by atoms with Crippen molar-refractivity contribution in [2.75, 3.05) is 38.7 Å². The second-order valence-electron chi connectivity index (χ2n) is 6.86. The van der Waals surface area contributed by atoms with E-state index < -0.39 is 0 Å². The second-order valence-corrected chi connectivity index (χ2v) is 8.24. The van der Waals surface area contributed by atoms with Gasteiger partial charge in [0.1, 0.15) is 5.75 Å². The van der Waals surface area contributed by atoms with Crippen molar-refractivity contribution < 1.29 is 14.3 Å². The molecule has 2 aromatic carbocycles. The average molecular weight is 459 g/mol. The number of amides is 1. The van der Waals surface area contributed by atoms with E-state index in [1.165, 1.54) is 11.8 Å². The van der Waals surface area contributed by atoms with Crippen LogP contribution in [-0.4, -0.2) is 64.2 Å². The lowest BCUT2D eigenvalue weighted by Gasteiger charge is -2.26. The van der Waals surface area contributed by atoms with Gasteiger partial charge in [-0.1, -0.05) is 23.4 Å². The molecule has 0 aliphatic carbocycles. The number of carbonyl (C=O) groups is 1. The first-order valence-corrected chi connectivity index (χ1v) is 11.4. The highest BCUT2D eigenvalue weighted by atomic mass is 35.5. The minimum atomic E-state index is 0.0718. The van der Waals surface area contributed by atoms with Crippen molar-refractivity contribution in [1.82, 2.24) is 19.7 Å². The van der Waals surface area contributed by atoms with Crippen molar-refractivity contribution in [2.24, 2.45) is 0 Å². The molecule has 1 amide bonds. The van der Waals surface area contributed by atoms with E-state index in [9.17, 15) is 4.79 Å². The Morgan fingerprint density at radius 1 is 1.10 bits per heavy atom. The summed E-state index contributed by atoms with van der Waals surface area (Å²) in [4.78, 5) is 14.4. The first-order chi connectivity index (χ1) is 15.2. The number of rotatable bonds is 7. The van der Waals surface area contributed by atoms with Crippen LogP contribution in [0.4, 0.5) is 0 Å². The van der Waals surface area contributed by atoms with Crippen LogP contribution in [0.15, 0.2) is 53.7 Å². The summed E-state index contributed by atoms with van der Waals surface area (Å²) in [6, 6.07) is 15.2. The van der Waals surface area contributed by atoms with Crippen LogP contribution in [0.3, 0.4) is 0 Å². The van der Waals surface area contributed by atoms with E-state index >= 15 is 0 Å². The zero-order valence-corrected chi connectivity index (χ0v) is 18.7. The minimum absolute atomic E-state index is 0.0718. The predicted molar refractivity (Wildman–Crippen MR) is 121 cm³/mol. The summed E-state index contributed by atoms with van der Waals surface area (Å²) in [5, 5.41) is 10.1. The molecule has 9 heteroatoms. The molecule has 0 radical (unpaired) electrons. The number of benzene rings is 2. The summed E-state index contributed by atoms with van der Waals surface area (Å²) < 4.78 is 12.8. The smallest absolute Gasteiger partial charge is 0.233 e. The van der Waals surface area contributed by atoms with E-state index in [-0.39, 0.29) is 11.7 Å². The molecular weight excluding hydrogens is 436 g/mol. The van der Waals surface area contributed by atoms with Crippen LogP contribution in [0.5, 0.6) is 5.75 Å². The largest absolute Gasteiger partial charge is 0.494 e. The molecule has 2 heterocycles. The molecule has 0 N–H and O–H groups in total. The summed E-state index contributed by atoms with van der Waals surface area (Å²) in [5.74, 6) is 1.84. The van der Waals surface area contributed by atoms with E-state index in [1.54, 1.807) is 0 Å². The van der Waals surface area contributed by atoms with Crippen molar-refractivity contribution >= 4 is 29.3 Å². The van der Waals surface area contributed by atoms with Gasteiger partial charge in [0.15, 0.2) is 11.0 Å². The highest BCUT2D eigenvalue weighted by Crippen LogP contribution is 2.29. The van der Waals surface area contributed by atoms with Gasteiger partial charge >= 0.3 is 0 Å². The van der Waals surface area contributed by atoms with Crippen molar-refractivity contribution in [3.8, 4) is 22.8 Å². The third-order valence-electron chi connectivity index (χ3n) is 4.83. The minimum Gasteiger partial charge on any atom is -0.494 e. The van der Waals surface area contributed by atoms with E-state index in [4.69, 9.17) is 21.1 Å². The fraction of sp³-hybridized carbons (Fsp3) is 0.318. The third-order valence-corrected chi connectivity index (χ3v) is 6.00. The van der Waals surface area contributed by atoms with Crippen molar-refractivity contribution in [1.29, 1.82) is 0 Å². The number of hydrogen-bond donors (Lipinski definition) is 0. The SMILES string of the molecule is CCOc1ccc(-n2c(SCC(=O)N3CCOCC3)nnc2-c2ccc(Cl)cc2)cc1. The number of halogens is 1. The third kappa shape index (κ3) is 5.20. The van der Waals surface area contributed by atoms with Gasteiger partial charge in [-0.15, -0.1) is 10.2 Å². The Morgan fingerprint density at radius 3 is 2.48 bits per heavy atom. The van der Waals surface area contributed by atoms with E-state index in [1.807, 2.05) is 64.9 Å². The van der Waals surface area contributed by atoms with E-state index in [0.717, 1.165) is 17.0 Å². The van der Waals surface area contributed by atoms with Gasteiger partial charge in [0.2, 0.25) is 5.91 Å². The van der Waals surface area contributed by atoms with Gasteiger partial charge in [0.05, 0.1) is 25.6 Å². The molecule has 3 aromatic rings. The molecule has 0 unspecified atom stereocenters. The molecule has 1 aliphatic heterocycles. The lowest BCUT2D eigenvalue weighted by molar-refractivity contribution is -0.132. The number of carbonyl (C=O) groups excluding carboxylic acids is 1. The Morgan fingerprint density at radius 2 is 1.81 bits per heavy atom. The van der Waals surface area contributed by atoms with Crippen molar-refractivity contribution in [2.45, 2.75) is 12.1 Å². The van der Waals surface area contributed by atoms with Crippen molar-refractivity contribution in [3.05, 3.63) is 53.6 Å². The Labute approximate surface area is 190 Å². The molecular formula is C22H23ClN4O3S. The molecule has 0 saturated carbocycles. The van der Waals surface area contributed by atoms with Crippen LogP contribution in [0.2, 0.25) is 5.02 Å². The van der Waals surface area contributed by atoms with Gasteiger partial charge in [-0.2, -0.15) is 0 Å². The molecule has 31 heavy (non-hydrogen) atoms. The molecule has 7 nitrogen and oxygen atoms in total. The van der Waals surface area contributed by atoms with Crippen LogP contribution in [0, 0.1) is 0 Å². The van der Waals surface area contributed by atoms with Crippen LogP contribution in [0.25, 0.3) is 17.1 Å². The number of aromatic nitrogens is 3. The number of nitrogens with zero attached hydrogens (tertiary/aromatic N) is 4. The predicted octanol–water partition coefficient (Wildman–Crippen LogP) is 3.94. The lowest BCUT2D eigenvalue weighted by atomic mass is 10.2. The number of hydrogen-bond acceptors (Lipinski definition) is 6. The van der Waals surface area contributed by atoms with Crippen LogP contribution >= 0.6 is 23.4 Å². The second kappa shape index (κ2) is 10.2. The average Bonchev–Trinajstić information content (AvgIpc) is 3.23. The number of ether oxygens (including phenoxy) is 2. The molecule has 0 bridgehead atoms. The first kappa shape index (κ1) is 21.7. The first-order valence-electron chi connectivity index (χ1n) is 10.1. The van der Waals surface area contributed by atoms with Gasteiger partial charge in [-0.25, -0.2) is 0 Å². The maximum absolute atomic E-state index is 12.6. The summed E-state index contributed by atoms with van der Waals surface area (Å²) in [5.41, 5.74) is 1.77. The Kier molecular flexibility index (Phi) is 7.11. The summed E-state index contributed by atoms with van der Waals surface area (Å²) >= 11 is 7.43. The van der Waals surface area contributed by atoms with Gasteiger partial charge in [0.25, 0.3) is 0 Å². The quantitative estimate of drug-likeness (QED) is 0.499. The molecule has 4 rings (SSSR count). The number of morpholine rings is 1. The standard InChI is InChI=1S/C22H23ClN4O3S/c1-2-30-19-9-7-18(8-10-19)27-21(16-3-5-17(23)6-4-16)24-25-22(27)31-15-20(28)26-11-13-29-14-12-26/h3-10H,2,11-15H2,1H3.